The molecule has 1 rings (SSSR count). The number of hydrogen-bond acceptors (Lipinski definition) is 5. The fourth-order valence-corrected chi connectivity index (χ4v) is 1.19. The van der Waals surface area contributed by atoms with Crippen LogP contribution in [0.15, 0.2) is 46.0 Å². The topological polar surface area (TPSA) is 71.2 Å². The number of ether oxygens (including phenoxy) is 1. The molecule has 17 heavy (non-hydrogen) atoms. The number of esters is 1. The second kappa shape index (κ2) is 6.00. The third kappa shape index (κ3) is 3.88. The monoisotopic (exact) mass is 254 g/mol. The molecular weight excluding hydrogens is 244 g/mol. The third-order valence-electron chi connectivity index (χ3n) is 1.80. The molecule has 0 aliphatic carbocycles. The minimum absolute atomic E-state index is 0.243. The van der Waals surface area contributed by atoms with Gasteiger partial charge < -0.3 is 9.84 Å². The molecule has 0 heterocycles. The summed E-state index contributed by atoms with van der Waals surface area (Å²) in [4.78, 5) is 11.2. The zero-order valence-corrected chi connectivity index (χ0v) is 10.1. The summed E-state index contributed by atoms with van der Waals surface area (Å²) >= 11 is 5.76. The molecule has 1 N–H and O–H groups in total. The van der Waals surface area contributed by atoms with Crippen LogP contribution in [0.4, 0.5) is 5.69 Å². The van der Waals surface area contributed by atoms with Crippen molar-refractivity contribution in [3.8, 4) is 0 Å². The highest BCUT2D eigenvalue weighted by Gasteiger charge is 2.12. The Bertz CT molecular complexity index is 479. The van der Waals surface area contributed by atoms with E-state index in [1.165, 1.54) is 14.0 Å². The lowest BCUT2D eigenvalue weighted by molar-refractivity contribution is -0.136. The van der Waals surface area contributed by atoms with Crippen molar-refractivity contribution in [2.24, 2.45) is 10.2 Å². The van der Waals surface area contributed by atoms with Gasteiger partial charge in [-0.3, -0.25) is 0 Å². The molecule has 1 aromatic carbocycles. The highest BCUT2D eigenvalue weighted by molar-refractivity contribution is 6.30. The Hall–Kier alpha value is -1.88. The predicted molar refractivity (Wildman–Crippen MR) is 63.3 cm³/mol. The zero-order valence-electron chi connectivity index (χ0n) is 9.35. The molecular formula is C11H11ClN2O3. The SMILES string of the molecule is COC(=O)/C(N=Nc1cccc(Cl)c1)=C(\C)O. The molecule has 0 aliphatic heterocycles. The van der Waals surface area contributed by atoms with Crippen LogP contribution in [0.5, 0.6) is 0 Å². The molecule has 0 fully saturated rings. The number of hydrogen-bond donors (Lipinski definition) is 1. The van der Waals surface area contributed by atoms with Crippen molar-refractivity contribution >= 4 is 23.3 Å². The maximum Gasteiger partial charge on any atom is 0.362 e. The van der Waals surface area contributed by atoms with E-state index in [1.807, 2.05) is 0 Å². The average Bonchev–Trinajstić information content (AvgIpc) is 2.28. The standard InChI is InChI=1S/C11H11ClN2O3/c1-7(15)10(11(16)17-2)14-13-9-5-3-4-8(12)6-9/h3-6,15H,1-2H3/b10-7-,14-13?. The van der Waals surface area contributed by atoms with E-state index in [-0.39, 0.29) is 11.5 Å². The second-order valence-corrected chi connectivity index (χ2v) is 3.54. The van der Waals surface area contributed by atoms with E-state index < -0.39 is 5.97 Å². The Kier molecular flexibility index (Phi) is 4.66. The van der Waals surface area contributed by atoms with Gasteiger partial charge >= 0.3 is 5.97 Å². The second-order valence-electron chi connectivity index (χ2n) is 3.11. The molecule has 6 heteroatoms. The van der Waals surface area contributed by atoms with Crippen LogP contribution in [0.3, 0.4) is 0 Å². The van der Waals surface area contributed by atoms with Gasteiger partial charge in [-0.1, -0.05) is 17.7 Å². The Morgan fingerprint density at radius 3 is 2.71 bits per heavy atom. The first-order valence-electron chi connectivity index (χ1n) is 4.70. The summed E-state index contributed by atoms with van der Waals surface area (Å²) in [5, 5.41) is 17.2. The van der Waals surface area contributed by atoms with Crippen molar-refractivity contribution in [1.82, 2.24) is 0 Å². The van der Waals surface area contributed by atoms with E-state index in [1.54, 1.807) is 24.3 Å². The zero-order chi connectivity index (χ0) is 12.8. The van der Waals surface area contributed by atoms with Gasteiger partial charge in [-0.05, 0) is 25.1 Å². The lowest BCUT2D eigenvalue weighted by atomic mass is 10.3. The first-order valence-corrected chi connectivity index (χ1v) is 5.08. The Balaban J connectivity index is 2.96. The van der Waals surface area contributed by atoms with Gasteiger partial charge in [0.25, 0.3) is 0 Å². The van der Waals surface area contributed by atoms with Crippen molar-refractivity contribution in [3.63, 3.8) is 0 Å². The van der Waals surface area contributed by atoms with Gasteiger partial charge in [0, 0.05) is 5.02 Å². The lowest BCUT2D eigenvalue weighted by Crippen LogP contribution is -2.04. The molecule has 5 nitrogen and oxygen atoms in total. The smallest absolute Gasteiger partial charge is 0.362 e. The summed E-state index contributed by atoms with van der Waals surface area (Å²) in [6.45, 7) is 1.32. The van der Waals surface area contributed by atoms with E-state index >= 15 is 0 Å². The number of carbonyl (C=O) groups excluding carboxylic acids is 1. The van der Waals surface area contributed by atoms with Gasteiger partial charge in [-0.25, -0.2) is 4.79 Å². The first-order chi connectivity index (χ1) is 8.04. The fourth-order valence-electron chi connectivity index (χ4n) is 1.00. The molecule has 0 amide bonds. The van der Waals surface area contributed by atoms with E-state index in [0.717, 1.165) is 0 Å². The van der Waals surface area contributed by atoms with Crippen LogP contribution >= 0.6 is 11.6 Å². The molecule has 0 spiro atoms. The summed E-state index contributed by atoms with van der Waals surface area (Å²) in [5.74, 6) is -1.02. The molecule has 0 unspecified atom stereocenters. The molecule has 0 atom stereocenters. The van der Waals surface area contributed by atoms with Gasteiger partial charge in [0.2, 0.25) is 5.70 Å². The molecule has 0 radical (unpaired) electrons. The van der Waals surface area contributed by atoms with Gasteiger partial charge in [0.15, 0.2) is 0 Å². The van der Waals surface area contributed by atoms with Gasteiger partial charge in [-0.15, -0.1) is 5.11 Å². The van der Waals surface area contributed by atoms with Crippen LogP contribution in [-0.4, -0.2) is 18.2 Å². The van der Waals surface area contributed by atoms with Gasteiger partial charge in [0.1, 0.15) is 5.76 Å². The van der Waals surface area contributed by atoms with Gasteiger partial charge in [0.05, 0.1) is 12.8 Å². The van der Waals surface area contributed by atoms with Gasteiger partial charge in [-0.2, -0.15) is 5.11 Å². The summed E-state index contributed by atoms with van der Waals surface area (Å²) in [6, 6.07) is 6.63. The number of allylic oxidation sites excluding steroid dienone is 1. The number of carbonyl (C=O) groups is 1. The van der Waals surface area contributed by atoms with E-state index in [9.17, 15) is 9.90 Å². The number of rotatable bonds is 3. The normalized spacial score (nSPS) is 12.4. The molecule has 0 bridgehead atoms. The first kappa shape index (κ1) is 13.2. The average molecular weight is 255 g/mol. The van der Waals surface area contributed by atoms with E-state index in [0.29, 0.717) is 10.7 Å². The largest absolute Gasteiger partial charge is 0.510 e. The van der Waals surface area contributed by atoms with Crippen LogP contribution in [0, 0.1) is 0 Å². The van der Waals surface area contributed by atoms with Crippen LogP contribution in [0.1, 0.15) is 6.92 Å². The van der Waals surface area contributed by atoms with Crippen molar-refractivity contribution in [1.29, 1.82) is 0 Å². The van der Waals surface area contributed by atoms with E-state index in [2.05, 4.69) is 15.0 Å². The van der Waals surface area contributed by atoms with Crippen LogP contribution in [-0.2, 0) is 9.53 Å². The van der Waals surface area contributed by atoms with Crippen molar-refractivity contribution < 1.29 is 14.6 Å². The highest BCUT2D eigenvalue weighted by atomic mass is 35.5. The third-order valence-corrected chi connectivity index (χ3v) is 2.03. The van der Waals surface area contributed by atoms with E-state index in [4.69, 9.17) is 11.6 Å². The van der Waals surface area contributed by atoms with Crippen molar-refractivity contribution in [2.75, 3.05) is 7.11 Å². The summed E-state index contributed by atoms with van der Waals surface area (Å²) < 4.78 is 4.45. The number of aliphatic hydroxyl groups excluding tert-OH is 1. The van der Waals surface area contributed by atoms with Crippen LogP contribution < -0.4 is 0 Å². The summed E-state index contributed by atoms with van der Waals surface area (Å²) in [7, 11) is 1.19. The number of methoxy groups -OCH3 is 1. The van der Waals surface area contributed by atoms with Crippen LogP contribution in [0.2, 0.25) is 5.02 Å². The molecule has 0 saturated heterocycles. The summed E-state index contributed by atoms with van der Waals surface area (Å²) in [5.41, 5.74) is 0.229. The molecule has 1 aromatic rings. The van der Waals surface area contributed by atoms with Crippen molar-refractivity contribution in [2.45, 2.75) is 6.92 Å². The Morgan fingerprint density at radius 1 is 1.47 bits per heavy atom. The lowest BCUT2D eigenvalue weighted by Gasteiger charge is -1.99. The summed E-state index contributed by atoms with van der Waals surface area (Å²) in [6.07, 6.45) is 0. The molecule has 0 aliphatic rings. The maximum absolute atomic E-state index is 11.2. The minimum atomic E-state index is -0.754. The number of azo groups is 1. The Morgan fingerprint density at radius 2 is 2.18 bits per heavy atom. The maximum atomic E-state index is 11.2. The predicted octanol–water partition coefficient (Wildman–Crippen LogP) is 3.39. The quantitative estimate of drug-likeness (QED) is 0.389. The van der Waals surface area contributed by atoms with Crippen LogP contribution in [0.25, 0.3) is 0 Å². The highest BCUT2D eigenvalue weighted by Crippen LogP contribution is 2.19. The molecule has 0 aromatic heterocycles. The molecule has 90 valence electrons. The van der Waals surface area contributed by atoms with Crippen molar-refractivity contribution in [3.05, 3.63) is 40.7 Å². The number of benzene rings is 1. The minimum Gasteiger partial charge on any atom is -0.510 e. The fraction of sp³-hybridized carbons (Fsp3) is 0.182. The number of halogens is 1. The number of nitrogens with zero attached hydrogens (tertiary/aromatic N) is 2. The molecule has 0 saturated carbocycles. The number of aliphatic hydroxyl groups is 1. The Labute approximate surface area is 103 Å².